The predicted molar refractivity (Wildman–Crippen MR) is 122 cm³/mol. The topological polar surface area (TPSA) is 39.7 Å². The Morgan fingerprint density at radius 1 is 1.15 bits per heavy atom. The van der Waals surface area contributed by atoms with Crippen LogP contribution in [0.1, 0.15) is 44.6 Å². The first-order valence-electron chi connectivity index (χ1n) is 9.98. The molecule has 2 fully saturated rings. The van der Waals surface area contributed by atoms with Crippen LogP contribution in [0.15, 0.2) is 35.3 Å². The van der Waals surface area contributed by atoms with Crippen molar-refractivity contribution in [1.29, 1.82) is 0 Å². The average molecular weight is 470 g/mol. The van der Waals surface area contributed by atoms with Gasteiger partial charge < -0.3 is 15.5 Å². The second kappa shape index (κ2) is 10.5. The molecular weight excluding hydrogens is 435 g/mol. The fourth-order valence-corrected chi connectivity index (χ4v) is 3.80. The molecule has 0 unspecified atom stereocenters. The van der Waals surface area contributed by atoms with Crippen molar-refractivity contribution in [2.24, 2.45) is 10.9 Å². The van der Waals surface area contributed by atoms with E-state index in [9.17, 15) is 0 Å². The van der Waals surface area contributed by atoms with Gasteiger partial charge in [0.2, 0.25) is 0 Å². The minimum atomic E-state index is 0. The summed E-state index contributed by atoms with van der Waals surface area (Å²) < 4.78 is 0. The fraction of sp³-hybridized carbons (Fsp3) is 0.667. The quantitative estimate of drug-likeness (QED) is 0.363. The van der Waals surface area contributed by atoms with E-state index in [1.165, 1.54) is 50.8 Å². The molecule has 5 heteroatoms. The number of rotatable bonds is 7. The van der Waals surface area contributed by atoms with Crippen LogP contribution in [0.25, 0.3) is 0 Å². The standard InChI is InChI=1S/C21H34N4.HI/c1-3-22-20(23-14-9-18-10-15-25(2)16-11-18)24-17-21(12-13-21)19-7-5-4-6-8-19;/h4-8,18H,3,9-17H2,1-2H3,(H2,22,23,24);1H. The van der Waals surface area contributed by atoms with Crippen LogP contribution < -0.4 is 10.6 Å². The molecule has 0 amide bonds. The second-order valence-electron chi connectivity index (χ2n) is 7.80. The van der Waals surface area contributed by atoms with Crippen molar-refractivity contribution in [3.63, 3.8) is 0 Å². The average Bonchev–Trinajstić information content (AvgIpc) is 3.43. The monoisotopic (exact) mass is 470 g/mol. The van der Waals surface area contributed by atoms with E-state index in [0.717, 1.165) is 31.5 Å². The lowest BCUT2D eigenvalue weighted by Gasteiger charge is -2.29. The first-order chi connectivity index (χ1) is 12.2. The highest BCUT2D eigenvalue weighted by Gasteiger charge is 2.43. The van der Waals surface area contributed by atoms with Crippen LogP contribution >= 0.6 is 24.0 Å². The van der Waals surface area contributed by atoms with E-state index in [-0.39, 0.29) is 29.4 Å². The molecular formula is C21H35IN4. The Balaban J connectivity index is 0.00000243. The van der Waals surface area contributed by atoms with E-state index in [1.54, 1.807) is 0 Å². The Hall–Kier alpha value is -0.820. The number of likely N-dealkylation sites (tertiary alicyclic amines) is 1. The number of halogens is 1. The number of piperidine rings is 1. The first kappa shape index (κ1) is 21.5. The van der Waals surface area contributed by atoms with Gasteiger partial charge in [-0.3, -0.25) is 4.99 Å². The summed E-state index contributed by atoms with van der Waals surface area (Å²) in [6, 6.07) is 10.9. The van der Waals surface area contributed by atoms with E-state index < -0.39 is 0 Å². The number of guanidine groups is 1. The van der Waals surface area contributed by atoms with Crippen LogP contribution in [-0.2, 0) is 5.41 Å². The summed E-state index contributed by atoms with van der Waals surface area (Å²) in [5, 5.41) is 6.97. The van der Waals surface area contributed by atoms with E-state index in [4.69, 9.17) is 4.99 Å². The lowest BCUT2D eigenvalue weighted by molar-refractivity contribution is 0.213. The van der Waals surface area contributed by atoms with Gasteiger partial charge in [-0.1, -0.05) is 30.3 Å². The molecule has 3 rings (SSSR count). The second-order valence-corrected chi connectivity index (χ2v) is 7.80. The van der Waals surface area contributed by atoms with Crippen LogP contribution in [0.4, 0.5) is 0 Å². The zero-order valence-electron chi connectivity index (χ0n) is 16.3. The molecule has 0 bridgehead atoms. The maximum atomic E-state index is 4.90. The van der Waals surface area contributed by atoms with Crippen molar-refractivity contribution in [1.82, 2.24) is 15.5 Å². The number of hydrogen-bond acceptors (Lipinski definition) is 2. The van der Waals surface area contributed by atoms with Gasteiger partial charge in [-0.2, -0.15) is 0 Å². The number of aliphatic imine (C=N–C) groups is 1. The van der Waals surface area contributed by atoms with E-state index in [1.807, 2.05) is 0 Å². The molecule has 2 aliphatic rings. The summed E-state index contributed by atoms with van der Waals surface area (Å²) in [7, 11) is 2.23. The Bertz CT molecular complexity index is 548. The summed E-state index contributed by atoms with van der Waals surface area (Å²) in [6.45, 7) is 7.46. The van der Waals surface area contributed by atoms with Gasteiger partial charge in [0.05, 0.1) is 6.54 Å². The SMILES string of the molecule is CCNC(=NCC1(c2ccccc2)CC1)NCCC1CCN(C)CC1.I. The predicted octanol–water partition coefficient (Wildman–Crippen LogP) is 3.62. The molecule has 1 aromatic carbocycles. The summed E-state index contributed by atoms with van der Waals surface area (Å²) in [4.78, 5) is 7.34. The van der Waals surface area contributed by atoms with E-state index in [0.29, 0.717) is 0 Å². The van der Waals surface area contributed by atoms with Gasteiger partial charge in [0.15, 0.2) is 5.96 Å². The first-order valence-corrected chi connectivity index (χ1v) is 9.98. The lowest BCUT2D eigenvalue weighted by atomic mass is 9.94. The molecule has 0 spiro atoms. The van der Waals surface area contributed by atoms with Crippen molar-refractivity contribution in [3.8, 4) is 0 Å². The maximum absolute atomic E-state index is 4.90. The molecule has 26 heavy (non-hydrogen) atoms. The molecule has 1 aliphatic carbocycles. The normalized spacial score (nSPS) is 20.3. The van der Waals surface area contributed by atoms with Crippen LogP contribution in [0, 0.1) is 5.92 Å². The molecule has 1 saturated carbocycles. The third-order valence-electron chi connectivity index (χ3n) is 5.81. The molecule has 4 nitrogen and oxygen atoms in total. The van der Waals surface area contributed by atoms with Crippen molar-refractivity contribution >= 4 is 29.9 Å². The highest BCUT2D eigenvalue weighted by molar-refractivity contribution is 14.0. The van der Waals surface area contributed by atoms with Crippen LogP contribution in [0.2, 0.25) is 0 Å². The van der Waals surface area contributed by atoms with Crippen LogP contribution in [-0.4, -0.2) is 50.6 Å². The van der Waals surface area contributed by atoms with Crippen molar-refractivity contribution in [2.45, 2.75) is 44.4 Å². The van der Waals surface area contributed by atoms with E-state index >= 15 is 0 Å². The minimum absolute atomic E-state index is 0. The van der Waals surface area contributed by atoms with Gasteiger partial charge in [-0.25, -0.2) is 0 Å². The Labute approximate surface area is 176 Å². The number of benzene rings is 1. The maximum Gasteiger partial charge on any atom is 0.191 e. The zero-order valence-corrected chi connectivity index (χ0v) is 18.7. The highest BCUT2D eigenvalue weighted by Crippen LogP contribution is 2.48. The third-order valence-corrected chi connectivity index (χ3v) is 5.81. The number of nitrogens with one attached hydrogen (secondary N) is 2. The van der Waals surface area contributed by atoms with Crippen molar-refractivity contribution < 1.29 is 0 Å². The third kappa shape index (κ3) is 6.12. The largest absolute Gasteiger partial charge is 0.357 e. The Morgan fingerprint density at radius 2 is 1.85 bits per heavy atom. The van der Waals surface area contributed by atoms with Gasteiger partial charge >= 0.3 is 0 Å². The molecule has 1 heterocycles. The molecule has 0 aromatic heterocycles. The molecule has 146 valence electrons. The molecule has 2 N–H and O–H groups in total. The molecule has 0 atom stereocenters. The molecule has 1 aromatic rings. The van der Waals surface area contributed by atoms with Gasteiger partial charge in [-0.15, -0.1) is 24.0 Å². The lowest BCUT2D eigenvalue weighted by Crippen LogP contribution is -2.39. The van der Waals surface area contributed by atoms with Crippen molar-refractivity contribution in [3.05, 3.63) is 35.9 Å². The molecule has 1 saturated heterocycles. The van der Waals surface area contributed by atoms with Crippen molar-refractivity contribution in [2.75, 3.05) is 39.8 Å². The molecule has 0 radical (unpaired) electrons. The smallest absolute Gasteiger partial charge is 0.191 e. The summed E-state index contributed by atoms with van der Waals surface area (Å²) in [5.41, 5.74) is 1.73. The Morgan fingerprint density at radius 3 is 2.46 bits per heavy atom. The van der Waals surface area contributed by atoms with Gasteiger partial charge in [-0.05, 0) is 70.6 Å². The summed E-state index contributed by atoms with van der Waals surface area (Å²) >= 11 is 0. The van der Waals surface area contributed by atoms with Crippen LogP contribution in [0.5, 0.6) is 0 Å². The van der Waals surface area contributed by atoms with Gasteiger partial charge in [0.25, 0.3) is 0 Å². The van der Waals surface area contributed by atoms with E-state index in [2.05, 4.69) is 59.8 Å². The summed E-state index contributed by atoms with van der Waals surface area (Å²) in [6.07, 6.45) is 6.44. The number of nitrogens with zero attached hydrogens (tertiary/aromatic N) is 2. The van der Waals surface area contributed by atoms with Gasteiger partial charge in [0, 0.05) is 18.5 Å². The van der Waals surface area contributed by atoms with Crippen LogP contribution in [0.3, 0.4) is 0 Å². The molecule has 1 aliphatic heterocycles. The fourth-order valence-electron chi connectivity index (χ4n) is 3.80. The highest BCUT2D eigenvalue weighted by atomic mass is 127. The number of hydrogen-bond donors (Lipinski definition) is 2. The minimum Gasteiger partial charge on any atom is -0.357 e. The summed E-state index contributed by atoms with van der Waals surface area (Å²) in [5.74, 6) is 1.85. The Kier molecular flexibility index (Phi) is 8.67. The van der Waals surface area contributed by atoms with Gasteiger partial charge in [0.1, 0.15) is 0 Å². The zero-order chi connectivity index (χ0) is 17.5.